The molecule has 1 saturated carbocycles. The Kier molecular flexibility index (Phi) is 5.31. The van der Waals surface area contributed by atoms with E-state index in [9.17, 15) is 0 Å². The maximum Gasteiger partial charge on any atom is 0.231 e. The van der Waals surface area contributed by atoms with Crippen LogP contribution in [0.1, 0.15) is 49.8 Å². The molecule has 0 spiro atoms. The Labute approximate surface area is 162 Å². The lowest BCUT2D eigenvalue weighted by Gasteiger charge is -2.25. The Hall–Kier alpha value is -2.12. The fourth-order valence-electron chi connectivity index (χ4n) is 3.71. The Morgan fingerprint density at radius 1 is 1.33 bits per heavy atom. The number of furan rings is 1. The van der Waals surface area contributed by atoms with Crippen molar-refractivity contribution in [2.75, 3.05) is 5.32 Å². The molecule has 27 heavy (non-hydrogen) atoms. The average Bonchev–Trinajstić information content (AvgIpc) is 3.29. The number of rotatable bonds is 6. The molecule has 2 N–H and O–H groups in total. The van der Waals surface area contributed by atoms with Gasteiger partial charge in [0.05, 0.1) is 18.3 Å². The van der Waals surface area contributed by atoms with E-state index in [-0.39, 0.29) is 11.3 Å². The van der Waals surface area contributed by atoms with Gasteiger partial charge in [-0.15, -0.1) is 0 Å². The van der Waals surface area contributed by atoms with E-state index in [4.69, 9.17) is 16.0 Å². The van der Waals surface area contributed by atoms with E-state index in [0.717, 1.165) is 37.0 Å². The summed E-state index contributed by atoms with van der Waals surface area (Å²) in [5, 5.41) is 6.44. The molecule has 6 nitrogen and oxygen atoms in total. The molecule has 3 aromatic rings. The smallest absolute Gasteiger partial charge is 0.231 e. The molecule has 8 heteroatoms. The Balaban J connectivity index is 1.65. The monoisotopic (exact) mass is 391 g/mol. The normalized spacial score (nSPS) is 16.7. The third-order valence-corrected chi connectivity index (χ3v) is 5.22. The Bertz CT molecular complexity index is 905. The fourth-order valence-corrected chi connectivity index (χ4v) is 3.88. The topological polar surface area (TPSA) is 67.9 Å². The van der Waals surface area contributed by atoms with Crippen LogP contribution in [0.4, 0.5) is 10.2 Å². The number of fused-ring (bicyclic) bond motifs is 1. The number of hydrogen-bond donors (Lipinski definition) is 2. The molecule has 0 aliphatic heterocycles. The molecule has 1 unspecified atom stereocenters. The highest BCUT2D eigenvalue weighted by molar-refractivity contribution is 6.28. The van der Waals surface area contributed by atoms with Gasteiger partial charge in [-0.1, -0.05) is 19.3 Å². The minimum Gasteiger partial charge on any atom is -0.467 e. The second-order valence-electron chi connectivity index (χ2n) is 7.03. The molecule has 3 heterocycles. The van der Waals surface area contributed by atoms with E-state index >= 15 is 4.39 Å². The minimum absolute atomic E-state index is 0.126. The van der Waals surface area contributed by atoms with Gasteiger partial charge in [0.25, 0.3) is 0 Å². The number of anilines is 1. The van der Waals surface area contributed by atoms with Crippen molar-refractivity contribution in [2.24, 2.45) is 0 Å². The number of halogens is 2. The van der Waals surface area contributed by atoms with E-state index < -0.39 is 6.42 Å². The summed E-state index contributed by atoms with van der Waals surface area (Å²) in [5.41, 5.74) is 2.09. The van der Waals surface area contributed by atoms with Crippen LogP contribution >= 0.6 is 11.6 Å². The maximum absolute atomic E-state index is 15.2. The zero-order valence-corrected chi connectivity index (χ0v) is 16.0. The number of hydrogen-bond acceptors (Lipinski definition) is 5. The van der Waals surface area contributed by atoms with Crippen LogP contribution in [0.15, 0.2) is 29.0 Å². The lowest BCUT2D eigenvalue weighted by molar-refractivity contribution is 0.156. The van der Waals surface area contributed by atoms with Crippen molar-refractivity contribution in [1.29, 1.82) is 0 Å². The number of alkyl halides is 1. The molecule has 1 fully saturated rings. The summed E-state index contributed by atoms with van der Waals surface area (Å²) in [5.74, 6) is 1.24. The summed E-state index contributed by atoms with van der Waals surface area (Å²) < 4.78 is 22.1. The van der Waals surface area contributed by atoms with Gasteiger partial charge < -0.3 is 9.73 Å². The molecule has 0 bridgehead atoms. The molecular formula is C19H23ClFN5O. The van der Waals surface area contributed by atoms with Gasteiger partial charge in [0.1, 0.15) is 11.3 Å². The standard InChI is InChI=1S/C19H23ClFN5O/c1-12-11-26(19(21)23-13-6-3-2-4-7-13)16-15(12)24-18(20)25-17(16)22-10-14-8-5-9-27-14/h5,8-9,11,13,19,23H,2-4,6-7,10H2,1H3,(H,22,24,25). The molecule has 0 radical (unpaired) electrons. The van der Waals surface area contributed by atoms with E-state index in [0.29, 0.717) is 23.4 Å². The van der Waals surface area contributed by atoms with Crippen LogP contribution in [0.25, 0.3) is 11.0 Å². The van der Waals surface area contributed by atoms with Gasteiger partial charge in [0.15, 0.2) is 5.82 Å². The van der Waals surface area contributed by atoms with Gasteiger partial charge in [0.2, 0.25) is 11.7 Å². The van der Waals surface area contributed by atoms with Crippen LogP contribution < -0.4 is 10.6 Å². The summed E-state index contributed by atoms with van der Waals surface area (Å²) >= 11 is 6.10. The predicted molar refractivity (Wildman–Crippen MR) is 103 cm³/mol. The highest BCUT2D eigenvalue weighted by Crippen LogP contribution is 2.30. The van der Waals surface area contributed by atoms with Crippen LogP contribution in [0.2, 0.25) is 5.28 Å². The second kappa shape index (κ2) is 7.86. The van der Waals surface area contributed by atoms with E-state index in [1.54, 1.807) is 17.0 Å². The van der Waals surface area contributed by atoms with Gasteiger partial charge in [-0.2, -0.15) is 4.98 Å². The first kappa shape index (κ1) is 18.3. The number of nitrogens with one attached hydrogen (secondary N) is 2. The molecule has 0 aromatic carbocycles. The van der Waals surface area contributed by atoms with Gasteiger partial charge in [0, 0.05) is 12.2 Å². The number of aromatic nitrogens is 3. The predicted octanol–water partition coefficient (Wildman–Crippen LogP) is 4.95. The largest absolute Gasteiger partial charge is 0.467 e. The van der Waals surface area contributed by atoms with Crippen LogP contribution in [0.3, 0.4) is 0 Å². The highest BCUT2D eigenvalue weighted by Gasteiger charge is 2.23. The van der Waals surface area contributed by atoms with Crippen LogP contribution in [-0.4, -0.2) is 20.6 Å². The van der Waals surface area contributed by atoms with Crippen molar-refractivity contribution in [1.82, 2.24) is 19.9 Å². The molecule has 1 aliphatic rings. The van der Waals surface area contributed by atoms with Crippen molar-refractivity contribution in [3.05, 3.63) is 41.2 Å². The van der Waals surface area contributed by atoms with Crippen molar-refractivity contribution >= 4 is 28.5 Å². The Morgan fingerprint density at radius 2 is 2.15 bits per heavy atom. The molecular weight excluding hydrogens is 369 g/mol. The third kappa shape index (κ3) is 3.94. The number of aryl methyl sites for hydroxylation is 1. The minimum atomic E-state index is -1.35. The van der Waals surface area contributed by atoms with Crippen LogP contribution in [0.5, 0.6) is 0 Å². The van der Waals surface area contributed by atoms with E-state index in [1.165, 1.54) is 6.42 Å². The quantitative estimate of drug-likeness (QED) is 0.460. The molecule has 0 saturated heterocycles. The van der Waals surface area contributed by atoms with E-state index in [1.807, 2.05) is 19.1 Å². The van der Waals surface area contributed by atoms with Gasteiger partial charge in [-0.05, 0) is 49.1 Å². The van der Waals surface area contributed by atoms with E-state index in [2.05, 4.69) is 20.6 Å². The lowest BCUT2D eigenvalue weighted by Crippen LogP contribution is -2.35. The molecule has 144 valence electrons. The van der Waals surface area contributed by atoms with Crippen molar-refractivity contribution in [2.45, 2.75) is 58.0 Å². The summed E-state index contributed by atoms with van der Waals surface area (Å²) in [6, 6.07) is 3.87. The molecule has 1 atom stereocenters. The molecule has 4 rings (SSSR count). The first-order valence-electron chi connectivity index (χ1n) is 9.33. The average molecular weight is 392 g/mol. The van der Waals surface area contributed by atoms with Crippen molar-refractivity contribution < 1.29 is 8.81 Å². The van der Waals surface area contributed by atoms with Crippen LogP contribution in [-0.2, 0) is 6.54 Å². The second-order valence-corrected chi connectivity index (χ2v) is 7.37. The number of nitrogens with zero attached hydrogens (tertiary/aromatic N) is 3. The van der Waals surface area contributed by atoms with Gasteiger partial charge in [-0.25, -0.2) is 9.37 Å². The molecule has 3 aromatic heterocycles. The highest BCUT2D eigenvalue weighted by atomic mass is 35.5. The van der Waals surface area contributed by atoms with Crippen molar-refractivity contribution in [3.8, 4) is 0 Å². The van der Waals surface area contributed by atoms with Crippen molar-refractivity contribution in [3.63, 3.8) is 0 Å². The fraction of sp³-hybridized carbons (Fsp3) is 0.474. The van der Waals surface area contributed by atoms with Gasteiger partial charge in [-0.3, -0.25) is 9.88 Å². The maximum atomic E-state index is 15.2. The summed E-state index contributed by atoms with van der Waals surface area (Å²) in [4.78, 5) is 8.60. The summed E-state index contributed by atoms with van der Waals surface area (Å²) in [7, 11) is 0. The van der Waals surface area contributed by atoms with Gasteiger partial charge >= 0.3 is 0 Å². The molecule has 1 aliphatic carbocycles. The molecule has 0 amide bonds. The third-order valence-electron chi connectivity index (χ3n) is 5.05. The summed E-state index contributed by atoms with van der Waals surface area (Å²) in [6.07, 6.45) is 7.54. The SMILES string of the molecule is Cc1cn(C(F)NC2CCCCC2)c2c(NCc3ccco3)nc(Cl)nc12. The first-order chi connectivity index (χ1) is 13.1. The lowest BCUT2D eigenvalue weighted by atomic mass is 9.96. The summed E-state index contributed by atoms with van der Waals surface area (Å²) in [6.45, 7) is 2.32. The van der Waals surface area contributed by atoms with Crippen LogP contribution in [0, 0.1) is 6.92 Å². The Morgan fingerprint density at radius 3 is 2.89 bits per heavy atom. The zero-order valence-electron chi connectivity index (χ0n) is 15.2. The zero-order chi connectivity index (χ0) is 18.8. The first-order valence-corrected chi connectivity index (χ1v) is 9.70.